The predicted molar refractivity (Wildman–Crippen MR) is 72.4 cm³/mol. The largest absolute Gasteiger partial charge is 0.467 e. The third kappa shape index (κ3) is 2.34. The van der Waals surface area contributed by atoms with E-state index in [0.29, 0.717) is 6.04 Å². The highest BCUT2D eigenvalue weighted by Crippen LogP contribution is 2.30. The monoisotopic (exact) mass is 247 g/mol. The fourth-order valence-corrected chi connectivity index (χ4v) is 2.16. The van der Waals surface area contributed by atoms with Crippen molar-refractivity contribution in [3.63, 3.8) is 0 Å². The van der Waals surface area contributed by atoms with E-state index >= 15 is 0 Å². The predicted octanol–water partition coefficient (Wildman–Crippen LogP) is 2.79. The maximum Gasteiger partial charge on any atom is 0.125 e. The second-order valence-electron chi connectivity index (χ2n) is 4.96. The fraction of sp³-hybridized carbons (Fsp3) is 0.500. The summed E-state index contributed by atoms with van der Waals surface area (Å²) in [7, 11) is 1.97. The molecule has 0 saturated heterocycles. The van der Waals surface area contributed by atoms with Crippen LogP contribution < -0.4 is 5.32 Å². The van der Waals surface area contributed by atoms with Crippen molar-refractivity contribution in [3.05, 3.63) is 29.5 Å². The zero-order valence-corrected chi connectivity index (χ0v) is 11.7. The van der Waals surface area contributed by atoms with Crippen LogP contribution in [0.5, 0.6) is 0 Å². The molecule has 18 heavy (non-hydrogen) atoms. The minimum Gasteiger partial charge on any atom is -0.467 e. The third-order valence-electron chi connectivity index (χ3n) is 3.19. The quantitative estimate of drug-likeness (QED) is 0.903. The fourth-order valence-electron chi connectivity index (χ4n) is 2.16. The minimum atomic E-state index is 0.444. The van der Waals surface area contributed by atoms with Crippen molar-refractivity contribution < 1.29 is 4.42 Å². The average Bonchev–Trinajstić information content (AvgIpc) is 2.82. The molecular weight excluding hydrogens is 226 g/mol. The number of aromatic nitrogens is 2. The van der Waals surface area contributed by atoms with Crippen LogP contribution in [0, 0.1) is 13.8 Å². The molecule has 2 rings (SSSR count). The molecule has 0 atom stereocenters. The van der Waals surface area contributed by atoms with Gasteiger partial charge in [0.15, 0.2) is 0 Å². The average molecular weight is 247 g/mol. The van der Waals surface area contributed by atoms with Crippen LogP contribution in [0.1, 0.15) is 31.0 Å². The van der Waals surface area contributed by atoms with Crippen LogP contribution in [0.25, 0.3) is 11.1 Å². The minimum absolute atomic E-state index is 0.444. The summed E-state index contributed by atoms with van der Waals surface area (Å²) in [5.74, 6) is 0.975. The van der Waals surface area contributed by atoms with Crippen LogP contribution in [0.2, 0.25) is 0 Å². The van der Waals surface area contributed by atoms with Gasteiger partial charge in [0.05, 0.1) is 18.5 Å². The first-order valence-electron chi connectivity index (χ1n) is 6.31. The van der Waals surface area contributed by atoms with Crippen LogP contribution in [0.15, 0.2) is 16.7 Å². The van der Waals surface area contributed by atoms with Crippen molar-refractivity contribution in [2.24, 2.45) is 7.05 Å². The molecule has 1 N–H and O–H groups in total. The lowest BCUT2D eigenvalue weighted by atomic mass is 10.0. The van der Waals surface area contributed by atoms with Gasteiger partial charge >= 0.3 is 0 Å². The molecule has 0 spiro atoms. The molecule has 0 radical (unpaired) electrons. The van der Waals surface area contributed by atoms with Crippen molar-refractivity contribution in [1.82, 2.24) is 15.1 Å². The molecule has 0 unspecified atom stereocenters. The zero-order chi connectivity index (χ0) is 13.3. The number of nitrogens with zero attached hydrogens (tertiary/aromatic N) is 2. The van der Waals surface area contributed by atoms with E-state index in [1.54, 1.807) is 6.26 Å². The van der Waals surface area contributed by atoms with E-state index in [-0.39, 0.29) is 0 Å². The molecule has 0 amide bonds. The van der Waals surface area contributed by atoms with Crippen molar-refractivity contribution in [1.29, 1.82) is 0 Å². The van der Waals surface area contributed by atoms with Gasteiger partial charge in [-0.2, -0.15) is 5.10 Å². The second-order valence-corrected chi connectivity index (χ2v) is 4.96. The first-order chi connectivity index (χ1) is 8.50. The summed E-state index contributed by atoms with van der Waals surface area (Å²) in [6, 6.07) is 2.47. The molecule has 0 saturated carbocycles. The van der Waals surface area contributed by atoms with Gasteiger partial charge in [0.25, 0.3) is 0 Å². The Kier molecular flexibility index (Phi) is 3.57. The van der Waals surface area contributed by atoms with Gasteiger partial charge in [0.1, 0.15) is 5.76 Å². The SMILES string of the molecule is Cc1nn(C)c(C)c1-c1ccoc1CNC(C)C. The van der Waals surface area contributed by atoms with Gasteiger partial charge in [-0.25, -0.2) is 0 Å². The van der Waals surface area contributed by atoms with Gasteiger partial charge in [0, 0.05) is 29.9 Å². The van der Waals surface area contributed by atoms with Gasteiger partial charge in [-0.05, 0) is 19.9 Å². The number of furan rings is 1. The highest BCUT2D eigenvalue weighted by molar-refractivity contribution is 5.70. The molecule has 98 valence electrons. The van der Waals surface area contributed by atoms with E-state index in [0.717, 1.165) is 23.6 Å². The molecular formula is C14H21N3O. The Balaban J connectivity index is 2.36. The van der Waals surface area contributed by atoms with Crippen LogP contribution in [-0.2, 0) is 13.6 Å². The molecule has 0 aliphatic carbocycles. The van der Waals surface area contributed by atoms with E-state index < -0.39 is 0 Å². The van der Waals surface area contributed by atoms with Crippen LogP contribution in [0.3, 0.4) is 0 Å². The topological polar surface area (TPSA) is 43.0 Å². The summed E-state index contributed by atoms with van der Waals surface area (Å²) in [6.45, 7) is 9.12. The lowest BCUT2D eigenvalue weighted by molar-refractivity contribution is 0.466. The van der Waals surface area contributed by atoms with Gasteiger partial charge < -0.3 is 9.73 Å². The van der Waals surface area contributed by atoms with Crippen molar-refractivity contribution >= 4 is 0 Å². The summed E-state index contributed by atoms with van der Waals surface area (Å²) in [6.07, 6.45) is 1.75. The van der Waals surface area contributed by atoms with Gasteiger partial charge in [-0.1, -0.05) is 13.8 Å². The normalized spacial score (nSPS) is 11.4. The number of nitrogens with one attached hydrogen (secondary N) is 1. The lowest BCUT2D eigenvalue weighted by Gasteiger charge is -2.08. The summed E-state index contributed by atoms with van der Waals surface area (Å²) >= 11 is 0. The summed E-state index contributed by atoms with van der Waals surface area (Å²) in [5.41, 5.74) is 4.54. The molecule has 0 fully saturated rings. The first-order valence-corrected chi connectivity index (χ1v) is 6.31. The molecule has 4 nitrogen and oxygen atoms in total. The molecule has 2 heterocycles. The Hall–Kier alpha value is -1.55. The summed E-state index contributed by atoms with van der Waals surface area (Å²) in [5, 5.41) is 7.84. The van der Waals surface area contributed by atoms with E-state index in [1.807, 2.05) is 24.7 Å². The first kappa shape index (κ1) is 12.9. The number of rotatable bonds is 4. The molecule has 2 aromatic heterocycles. The molecule has 0 aliphatic heterocycles. The summed E-state index contributed by atoms with van der Waals surface area (Å²) < 4.78 is 7.50. The highest BCUT2D eigenvalue weighted by Gasteiger charge is 2.17. The highest BCUT2D eigenvalue weighted by atomic mass is 16.3. The van der Waals surface area contributed by atoms with Crippen LogP contribution in [-0.4, -0.2) is 15.8 Å². The number of aryl methyl sites for hydroxylation is 2. The molecule has 0 aliphatic rings. The van der Waals surface area contributed by atoms with Crippen LogP contribution in [0.4, 0.5) is 0 Å². The van der Waals surface area contributed by atoms with E-state index in [1.165, 1.54) is 11.3 Å². The third-order valence-corrected chi connectivity index (χ3v) is 3.19. The van der Waals surface area contributed by atoms with Crippen molar-refractivity contribution in [3.8, 4) is 11.1 Å². The number of hydrogen-bond acceptors (Lipinski definition) is 3. The zero-order valence-electron chi connectivity index (χ0n) is 11.7. The Morgan fingerprint density at radius 2 is 2.11 bits per heavy atom. The molecule has 4 heteroatoms. The van der Waals surface area contributed by atoms with Crippen molar-refractivity contribution in [2.75, 3.05) is 0 Å². The van der Waals surface area contributed by atoms with Crippen LogP contribution >= 0.6 is 0 Å². The van der Waals surface area contributed by atoms with Crippen molar-refractivity contribution in [2.45, 2.75) is 40.3 Å². The molecule has 0 aromatic carbocycles. The summed E-state index contributed by atoms with van der Waals surface area (Å²) in [4.78, 5) is 0. The van der Waals surface area contributed by atoms with Gasteiger partial charge in [0.2, 0.25) is 0 Å². The number of hydrogen-bond donors (Lipinski definition) is 1. The van der Waals surface area contributed by atoms with Gasteiger partial charge in [-0.15, -0.1) is 0 Å². The standard InChI is InChI=1S/C14H21N3O/c1-9(2)15-8-13-12(6-7-18-13)14-10(3)16-17(5)11(14)4/h6-7,9,15H,8H2,1-5H3. The maximum atomic E-state index is 5.59. The second kappa shape index (κ2) is 4.98. The Labute approximate surface area is 108 Å². The van der Waals surface area contributed by atoms with E-state index in [4.69, 9.17) is 4.42 Å². The van der Waals surface area contributed by atoms with Gasteiger partial charge in [-0.3, -0.25) is 4.68 Å². The smallest absolute Gasteiger partial charge is 0.125 e. The van der Waals surface area contributed by atoms with E-state index in [9.17, 15) is 0 Å². The molecule has 2 aromatic rings. The molecule has 0 bridgehead atoms. The lowest BCUT2D eigenvalue weighted by Crippen LogP contribution is -2.21. The van der Waals surface area contributed by atoms with E-state index in [2.05, 4.69) is 31.2 Å². The Morgan fingerprint density at radius 3 is 2.67 bits per heavy atom. The maximum absolute atomic E-state index is 5.59. The Bertz CT molecular complexity index is 537. The Morgan fingerprint density at radius 1 is 1.39 bits per heavy atom.